The maximum absolute atomic E-state index is 12.3. The van der Waals surface area contributed by atoms with E-state index in [1.165, 1.54) is 16.5 Å². The van der Waals surface area contributed by atoms with Gasteiger partial charge in [-0.15, -0.1) is 0 Å². The fourth-order valence-corrected chi connectivity index (χ4v) is 4.22. The highest BCUT2D eigenvalue weighted by Crippen LogP contribution is 2.31. The maximum Gasteiger partial charge on any atom is 0.220 e. The zero-order valence-corrected chi connectivity index (χ0v) is 18.3. The summed E-state index contributed by atoms with van der Waals surface area (Å²) >= 11 is 0. The van der Waals surface area contributed by atoms with Gasteiger partial charge in [-0.1, -0.05) is 17.7 Å². The van der Waals surface area contributed by atoms with Crippen LogP contribution < -0.4 is 5.32 Å². The predicted molar refractivity (Wildman–Crippen MR) is 124 cm³/mol. The molecule has 0 aliphatic carbocycles. The average molecular weight is 421 g/mol. The Morgan fingerprint density at radius 2 is 2.06 bits per heavy atom. The molecule has 1 fully saturated rings. The number of nitrogens with zero attached hydrogens (tertiary/aromatic N) is 2. The van der Waals surface area contributed by atoms with Crippen LogP contribution in [0, 0.1) is 6.92 Å². The number of rotatable bonds is 9. The smallest absolute Gasteiger partial charge is 0.220 e. The molecule has 3 aromatic rings. The van der Waals surface area contributed by atoms with Gasteiger partial charge in [-0.25, -0.2) is 0 Å². The number of hydrogen-bond donors (Lipinski definition) is 2. The van der Waals surface area contributed by atoms with E-state index in [0.29, 0.717) is 6.42 Å². The van der Waals surface area contributed by atoms with Crippen LogP contribution in [-0.4, -0.2) is 60.2 Å². The first-order chi connectivity index (χ1) is 15.2. The molecule has 4 rings (SSSR count). The number of hydrogen-bond acceptors (Lipinski definition) is 4. The molecule has 2 aromatic heterocycles. The van der Waals surface area contributed by atoms with Gasteiger partial charge in [0.1, 0.15) is 0 Å². The van der Waals surface area contributed by atoms with Gasteiger partial charge in [-0.2, -0.15) is 0 Å². The number of amides is 1. The second kappa shape index (κ2) is 10.6. The number of morpholine rings is 1. The van der Waals surface area contributed by atoms with E-state index >= 15 is 0 Å². The summed E-state index contributed by atoms with van der Waals surface area (Å²) in [6.45, 7) is 7.50. The summed E-state index contributed by atoms with van der Waals surface area (Å²) in [7, 11) is 0. The molecule has 0 atom stereocenters. The molecule has 1 aliphatic rings. The van der Waals surface area contributed by atoms with Crippen molar-refractivity contribution in [2.45, 2.75) is 32.6 Å². The Hall–Kier alpha value is -2.70. The molecule has 1 aliphatic heterocycles. The van der Waals surface area contributed by atoms with Gasteiger partial charge in [0.15, 0.2) is 0 Å². The van der Waals surface area contributed by atoms with Crippen LogP contribution in [0.5, 0.6) is 0 Å². The van der Waals surface area contributed by atoms with Gasteiger partial charge in [0, 0.05) is 43.2 Å². The van der Waals surface area contributed by atoms with Crippen LogP contribution in [0.15, 0.2) is 42.6 Å². The molecule has 0 bridgehead atoms. The summed E-state index contributed by atoms with van der Waals surface area (Å²) in [5.41, 5.74) is 5.61. The lowest BCUT2D eigenvalue weighted by molar-refractivity contribution is -0.121. The molecule has 1 aromatic carbocycles. The van der Waals surface area contributed by atoms with Crippen molar-refractivity contribution in [2.75, 3.05) is 39.4 Å². The Labute approximate surface area is 184 Å². The molecule has 0 saturated carbocycles. The second-order valence-corrected chi connectivity index (χ2v) is 8.25. The maximum atomic E-state index is 12.3. The summed E-state index contributed by atoms with van der Waals surface area (Å²) in [6.07, 6.45) is 5.00. The normalized spacial score (nSPS) is 14.7. The van der Waals surface area contributed by atoms with E-state index in [0.717, 1.165) is 75.6 Å². The van der Waals surface area contributed by atoms with Gasteiger partial charge in [0.05, 0.1) is 24.6 Å². The van der Waals surface area contributed by atoms with Gasteiger partial charge >= 0.3 is 0 Å². The number of benzene rings is 1. The standard InChI is InChI=1S/C25H32N4O2/c1-19-9-10-22-21(18-19)20(25(28-22)23-7-2-3-11-26-23)6-4-8-24(30)27-12-5-13-29-14-16-31-17-15-29/h2-3,7,9-11,18,28H,4-6,8,12-17H2,1H3,(H,27,30). The fraction of sp³-hybridized carbons (Fsp3) is 0.440. The number of carbonyl (C=O) groups excluding carboxylic acids is 1. The van der Waals surface area contributed by atoms with Crippen molar-refractivity contribution < 1.29 is 9.53 Å². The lowest BCUT2D eigenvalue weighted by atomic mass is 10.0. The number of aromatic amines is 1. The molecule has 1 saturated heterocycles. The third-order valence-corrected chi connectivity index (χ3v) is 5.89. The molecule has 0 radical (unpaired) electrons. The molecule has 1 amide bonds. The van der Waals surface area contributed by atoms with Crippen molar-refractivity contribution in [1.82, 2.24) is 20.2 Å². The van der Waals surface area contributed by atoms with Crippen LogP contribution in [0.1, 0.15) is 30.4 Å². The van der Waals surface area contributed by atoms with Crippen LogP contribution in [-0.2, 0) is 16.0 Å². The molecule has 0 spiro atoms. The van der Waals surface area contributed by atoms with Crippen LogP contribution >= 0.6 is 0 Å². The number of aromatic nitrogens is 2. The summed E-state index contributed by atoms with van der Waals surface area (Å²) < 4.78 is 5.37. The van der Waals surface area contributed by atoms with Crippen LogP contribution in [0.2, 0.25) is 0 Å². The zero-order chi connectivity index (χ0) is 21.5. The molecule has 3 heterocycles. The van der Waals surface area contributed by atoms with Crippen LogP contribution in [0.3, 0.4) is 0 Å². The minimum absolute atomic E-state index is 0.136. The summed E-state index contributed by atoms with van der Waals surface area (Å²) in [4.78, 5) is 22.8. The van der Waals surface area contributed by atoms with Gasteiger partial charge in [-0.05, 0) is 62.6 Å². The molecule has 6 heteroatoms. The highest BCUT2D eigenvalue weighted by Gasteiger charge is 2.15. The fourth-order valence-electron chi connectivity index (χ4n) is 4.22. The molecular formula is C25H32N4O2. The number of aryl methyl sites for hydroxylation is 2. The van der Waals surface area contributed by atoms with Crippen LogP contribution in [0.4, 0.5) is 0 Å². The Balaban J connectivity index is 1.32. The molecule has 164 valence electrons. The summed E-state index contributed by atoms with van der Waals surface area (Å²) in [5, 5.41) is 4.31. The second-order valence-electron chi connectivity index (χ2n) is 8.25. The van der Waals surface area contributed by atoms with E-state index in [1.807, 2.05) is 24.4 Å². The monoisotopic (exact) mass is 420 g/mol. The van der Waals surface area contributed by atoms with Crippen molar-refractivity contribution in [1.29, 1.82) is 0 Å². The molecule has 0 unspecified atom stereocenters. The number of ether oxygens (including phenoxy) is 1. The SMILES string of the molecule is Cc1ccc2[nH]c(-c3ccccn3)c(CCCC(=O)NCCCN3CCOCC3)c2c1. The largest absolute Gasteiger partial charge is 0.379 e. The van der Waals surface area contributed by atoms with Gasteiger partial charge in [0.25, 0.3) is 0 Å². The van der Waals surface area contributed by atoms with Gasteiger partial charge in [-0.3, -0.25) is 14.7 Å². The minimum Gasteiger partial charge on any atom is -0.379 e. The third-order valence-electron chi connectivity index (χ3n) is 5.89. The number of nitrogens with one attached hydrogen (secondary N) is 2. The predicted octanol–water partition coefficient (Wildman–Crippen LogP) is 3.70. The molecule has 6 nitrogen and oxygen atoms in total. The first kappa shape index (κ1) is 21.5. The molecule has 31 heavy (non-hydrogen) atoms. The van der Waals surface area contributed by atoms with Gasteiger partial charge < -0.3 is 15.0 Å². The van der Waals surface area contributed by atoms with E-state index in [1.54, 1.807) is 0 Å². The quantitative estimate of drug-likeness (QED) is 0.518. The Kier molecular flexibility index (Phi) is 7.33. The Morgan fingerprint density at radius 3 is 2.87 bits per heavy atom. The lowest BCUT2D eigenvalue weighted by Crippen LogP contribution is -2.38. The van der Waals surface area contributed by atoms with Crippen molar-refractivity contribution >= 4 is 16.8 Å². The summed E-state index contributed by atoms with van der Waals surface area (Å²) in [5.74, 6) is 0.136. The third kappa shape index (κ3) is 5.71. The molecular weight excluding hydrogens is 388 g/mol. The highest BCUT2D eigenvalue weighted by molar-refractivity contribution is 5.90. The number of H-pyrrole nitrogens is 1. The van der Waals surface area contributed by atoms with E-state index in [-0.39, 0.29) is 5.91 Å². The van der Waals surface area contributed by atoms with Crippen molar-refractivity contribution in [3.05, 3.63) is 53.7 Å². The lowest BCUT2D eigenvalue weighted by Gasteiger charge is -2.26. The molecule has 2 N–H and O–H groups in total. The highest BCUT2D eigenvalue weighted by atomic mass is 16.5. The number of pyridine rings is 1. The first-order valence-electron chi connectivity index (χ1n) is 11.3. The van der Waals surface area contributed by atoms with E-state index in [4.69, 9.17) is 4.74 Å². The first-order valence-corrected chi connectivity index (χ1v) is 11.3. The van der Waals surface area contributed by atoms with Crippen LogP contribution in [0.25, 0.3) is 22.3 Å². The number of fused-ring (bicyclic) bond motifs is 1. The minimum atomic E-state index is 0.136. The number of carbonyl (C=O) groups is 1. The van der Waals surface area contributed by atoms with E-state index in [2.05, 4.69) is 45.3 Å². The van der Waals surface area contributed by atoms with Crippen molar-refractivity contribution in [3.8, 4) is 11.4 Å². The average Bonchev–Trinajstić information content (AvgIpc) is 3.16. The van der Waals surface area contributed by atoms with Crippen molar-refractivity contribution in [2.24, 2.45) is 0 Å². The summed E-state index contributed by atoms with van der Waals surface area (Å²) in [6, 6.07) is 12.4. The van der Waals surface area contributed by atoms with Crippen molar-refractivity contribution in [3.63, 3.8) is 0 Å². The Bertz CT molecular complexity index is 993. The van der Waals surface area contributed by atoms with E-state index in [9.17, 15) is 4.79 Å². The Morgan fingerprint density at radius 1 is 1.19 bits per heavy atom. The topological polar surface area (TPSA) is 70.2 Å². The van der Waals surface area contributed by atoms with Gasteiger partial charge in [0.2, 0.25) is 5.91 Å². The zero-order valence-electron chi connectivity index (χ0n) is 18.3. The van der Waals surface area contributed by atoms with E-state index < -0.39 is 0 Å².